The van der Waals surface area contributed by atoms with Crippen LogP contribution in [0.2, 0.25) is 0 Å². The Labute approximate surface area is 186 Å². The van der Waals surface area contributed by atoms with Crippen molar-refractivity contribution < 1.29 is 28.2 Å². The van der Waals surface area contributed by atoms with Crippen molar-refractivity contribution in [3.8, 4) is 5.75 Å². The van der Waals surface area contributed by atoms with Gasteiger partial charge in [0.15, 0.2) is 13.2 Å². The Morgan fingerprint density at radius 1 is 1.03 bits per heavy atom. The molecule has 1 heterocycles. The molecule has 7 nitrogen and oxygen atoms in total. The molecule has 0 spiro atoms. The zero-order chi connectivity index (χ0) is 23.1. The topological polar surface area (TPSA) is 84.9 Å². The van der Waals surface area contributed by atoms with E-state index in [2.05, 4.69) is 5.32 Å². The van der Waals surface area contributed by atoms with Crippen molar-refractivity contribution in [2.75, 3.05) is 18.5 Å². The molecule has 2 amide bonds. The maximum Gasteiger partial charge on any atom is 0.338 e. The monoisotopic (exact) mass is 442 g/mol. The fourth-order valence-corrected chi connectivity index (χ4v) is 3.80. The number of ether oxygens (including phenoxy) is 2. The van der Waals surface area contributed by atoms with E-state index in [1.54, 1.807) is 12.1 Å². The van der Waals surface area contributed by atoms with E-state index in [1.165, 1.54) is 30.3 Å². The van der Waals surface area contributed by atoms with Crippen molar-refractivity contribution in [1.82, 2.24) is 4.90 Å². The summed E-state index contributed by atoms with van der Waals surface area (Å²) in [4.78, 5) is 38.4. The highest BCUT2D eigenvalue weighted by molar-refractivity contribution is 5.95. The van der Waals surface area contributed by atoms with E-state index in [9.17, 15) is 18.8 Å². The van der Waals surface area contributed by atoms with Crippen LogP contribution in [0.1, 0.15) is 43.5 Å². The highest BCUT2D eigenvalue weighted by atomic mass is 19.1. The van der Waals surface area contributed by atoms with Crippen LogP contribution in [0, 0.1) is 5.82 Å². The van der Waals surface area contributed by atoms with E-state index in [1.807, 2.05) is 18.7 Å². The largest absolute Gasteiger partial charge is 0.484 e. The van der Waals surface area contributed by atoms with Gasteiger partial charge in [0.2, 0.25) is 0 Å². The summed E-state index contributed by atoms with van der Waals surface area (Å²) >= 11 is 0. The summed E-state index contributed by atoms with van der Waals surface area (Å²) in [6.45, 7) is 3.52. The minimum absolute atomic E-state index is 0.0579. The molecule has 8 heteroatoms. The summed E-state index contributed by atoms with van der Waals surface area (Å²) in [5.41, 5.74) is 0.510. The molecule has 1 N–H and O–H groups in total. The molecule has 0 radical (unpaired) electrons. The molecule has 1 aliphatic rings. The summed E-state index contributed by atoms with van der Waals surface area (Å²) in [6.07, 6.45) is 3.11. The SMILES string of the molecule is C[C@@H]1CCC[C@H](C)N1C(=O)COc1ccc(C(=O)OCC(=O)Nc2cccc(F)c2)cc1. The predicted molar refractivity (Wildman–Crippen MR) is 117 cm³/mol. The summed E-state index contributed by atoms with van der Waals surface area (Å²) in [7, 11) is 0. The molecule has 2 aromatic rings. The van der Waals surface area contributed by atoms with E-state index < -0.39 is 24.3 Å². The van der Waals surface area contributed by atoms with Crippen molar-refractivity contribution in [1.29, 1.82) is 0 Å². The first-order chi connectivity index (χ1) is 15.3. The predicted octanol–water partition coefficient (Wildman–Crippen LogP) is 3.79. The van der Waals surface area contributed by atoms with Crippen molar-refractivity contribution in [3.63, 3.8) is 0 Å². The molecule has 2 atom stereocenters. The maximum atomic E-state index is 13.1. The summed E-state index contributed by atoms with van der Waals surface area (Å²) in [5, 5.41) is 2.45. The third-order valence-corrected chi connectivity index (χ3v) is 5.38. The van der Waals surface area contributed by atoms with Crippen molar-refractivity contribution in [3.05, 3.63) is 59.9 Å². The highest BCUT2D eigenvalue weighted by Crippen LogP contribution is 2.23. The van der Waals surface area contributed by atoms with Crippen LogP contribution in [-0.2, 0) is 14.3 Å². The first kappa shape index (κ1) is 23.2. The molecule has 0 unspecified atom stereocenters. The molecule has 170 valence electrons. The summed E-state index contributed by atoms with van der Waals surface area (Å²) in [5.74, 6) is -1.35. The smallest absolute Gasteiger partial charge is 0.338 e. The molecule has 2 aromatic carbocycles. The average molecular weight is 442 g/mol. The molecule has 1 aliphatic heterocycles. The van der Waals surface area contributed by atoms with Gasteiger partial charge >= 0.3 is 5.97 Å². The highest BCUT2D eigenvalue weighted by Gasteiger charge is 2.29. The number of halogens is 1. The number of esters is 1. The van der Waals surface area contributed by atoms with E-state index in [-0.39, 0.29) is 35.8 Å². The molecule has 0 aromatic heterocycles. The average Bonchev–Trinajstić information content (AvgIpc) is 2.76. The number of hydrogen-bond acceptors (Lipinski definition) is 5. The molecule has 0 aliphatic carbocycles. The molecule has 32 heavy (non-hydrogen) atoms. The number of carbonyl (C=O) groups is 3. The number of benzene rings is 2. The first-order valence-electron chi connectivity index (χ1n) is 10.6. The number of nitrogens with zero attached hydrogens (tertiary/aromatic N) is 1. The fourth-order valence-electron chi connectivity index (χ4n) is 3.80. The normalized spacial score (nSPS) is 18.0. The molecule has 1 fully saturated rings. The van der Waals surface area contributed by atoms with Crippen LogP contribution in [0.25, 0.3) is 0 Å². The lowest BCUT2D eigenvalue weighted by Crippen LogP contribution is -2.49. The zero-order valence-corrected chi connectivity index (χ0v) is 18.2. The van der Waals surface area contributed by atoms with Gasteiger partial charge in [0.25, 0.3) is 11.8 Å². The molecule has 1 saturated heterocycles. The lowest BCUT2D eigenvalue weighted by Gasteiger charge is -2.38. The quantitative estimate of drug-likeness (QED) is 0.660. The minimum Gasteiger partial charge on any atom is -0.484 e. The van der Waals surface area contributed by atoms with Gasteiger partial charge in [0.1, 0.15) is 11.6 Å². The van der Waals surface area contributed by atoms with Crippen LogP contribution in [0.3, 0.4) is 0 Å². The van der Waals surface area contributed by atoms with Crippen LogP contribution < -0.4 is 10.1 Å². The van der Waals surface area contributed by atoms with Crippen LogP contribution in [0.4, 0.5) is 10.1 Å². The fraction of sp³-hybridized carbons (Fsp3) is 0.375. The molecule has 0 saturated carbocycles. The zero-order valence-electron chi connectivity index (χ0n) is 18.2. The Morgan fingerprint density at radius 2 is 1.72 bits per heavy atom. The Bertz CT molecular complexity index is 953. The standard InChI is InChI=1S/C24H27FN2O5/c1-16-5-3-6-17(2)27(16)23(29)15-31-21-11-9-18(10-12-21)24(30)32-14-22(28)26-20-8-4-7-19(25)13-20/h4,7-13,16-17H,3,5-6,14-15H2,1-2H3,(H,26,28)/t16-,17+. The number of carbonyl (C=O) groups excluding carboxylic acids is 3. The molecular weight excluding hydrogens is 415 g/mol. The Kier molecular flexibility index (Phi) is 7.81. The van der Waals surface area contributed by atoms with E-state index in [0.717, 1.165) is 25.3 Å². The second-order valence-electron chi connectivity index (χ2n) is 7.88. The summed E-state index contributed by atoms with van der Waals surface area (Å²) < 4.78 is 23.7. The maximum absolute atomic E-state index is 13.1. The molecule has 3 rings (SSSR count). The van der Waals surface area contributed by atoms with Gasteiger partial charge < -0.3 is 19.7 Å². The van der Waals surface area contributed by atoms with Crippen LogP contribution in [0.5, 0.6) is 5.75 Å². The van der Waals surface area contributed by atoms with Crippen molar-refractivity contribution >= 4 is 23.5 Å². The number of hydrogen-bond donors (Lipinski definition) is 1. The minimum atomic E-state index is -0.682. The number of piperidine rings is 1. The first-order valence-corrected chi connectivity index (χ1v) is 10.6. The lowest BCUT2D eigenvalue weighted by atomic mass is 9.97. The number of rotatable bonds is 7. The lowest BCUT2D eigenvalue weighted by molar-refractivity contribution is -0.139. The number of amides is 2. The third kappa shape index (κ3) is 6.29. The number of likely N-dealkylation sites (tertiary alicyclic amines) is 1. The Hall–Kier alpha value is -3.42. The van der Waals surface area contributed by atoms with Gasteiger partial charge in [-0.2, -0.15) is 0 Å². The van der Waals surface area contributed by atoms with Crippen molar-refractivity contribution in [2.24, 2.45) is 0 Å². The summed E-state index contributed by atoms with van der Waals surface area (Å²) in [6, 6.07) is 11.9. The van der Waals surface area contributed by atoms with Crippen LogP contribution >= 0.6 is 0 Å². The molecule has 0 bridgehead atoms. The van der Waals surface area contributed by atoms with Gasteiger partial charge in [0.05, 0.1) is 5.56 Å². The van der Waals surface area contributed by atoms with Crippen LogP contribution in [-0.4, -0.2) is 48.0 Å². The number of nitrogens with one attached hydrogen (secondary N) is 1. The Morgan fingerprint density at radius 3 is 2.38 bits per heavy atom. The van der Waals surface area contributed by atoms with E-state index in [0.29, 0.717) is 5.75 Å². The van der Waals surface area contributed by atoms with Crippen molar-refractivity contribution in [2.45, 2.75) is 45.2 Å². The van der Waals surface area contributed by atoms with Crippen LogP contribution in [0.15, 0.2) is 48.5 Å². The second kappa shape index (κ2) is 10.7. The van der Waals surface area contributed by atoms with Gasteiger partial charge in [-0.3, -0.25) is 9.59 Å². The van der Waals surface area contributed by atoms with Gasteiger partial charge in [-0.05, 0) is 75.6 Å². The van der Waals surface area contributed by atoms with Gasteiger partial charge in [-0.1, -0.05) is 6.07 Å². The van der Waals surface area contributed by atoms with Gasteiger partial charge in [-0.15, -0.1) is 0 Å². The third-order valence-electron chi connectivity index (χ3n) is 5.38. The second-order valence-corrected chi connectivity index (χ2v) is 7.88. The van der Waals surface area contributed by atoms with E-state index in [4.69, 9.17) is 9.47 Å². The number of anilines is 1. The molecular formula is C24H27FN2O5. The van der Waals surface area contributed by atoms with Gasteiger partial charge in [0, 0.05) is 17.8 Å². The van der Waals surface area contributed by atoms with Gasteiger partial charge in [-0.25, -0.2) is 9.18 Å². The van der Waals surface area contributed by atoms with E-state index >= 15 is 0 Å². The Balaban J connectivity index is 1.45.